The molecule has 0 aliphatic rings. The van der Waals surface area contributed by atoms with Gasteiger partial charge in [-0.15, -0.1) is 0 Å². The average molecular weight is 285 g/mol. The summed E-state index contributed by atoms with van der Waals surface area (Å²) < 4.78 is 53.6. The van der Waals surface area contributed by atoms with Crippen LogP contribution in [0.2, 0.25) is 24.7 Å². The van der Waals surface area contributed by atoms with Gasteiger partial charge in [-0.1, -0.05) is 43.4 Å². The van der Waals surface area contributed by atoms with Crippen LogP contribution >= 0.6 is 11.6 Å². The molecule has 6 heteroatoms. The highest BCUT2D eigenvalue weighted by Gasteiger charge is 2.64. The van der Waals surface area contributed by atoms with Crippen molar-refractivity contribution in [1.82, 2.24) is 0 Å². The topological polar surface area (TPSA) is 0 Å². The van der Waals surface area contributed by atoms with Crippen molar-refractivity contribution in [3.8, 4) is 0 Å². The Labute approximate surface area is 104 Å². The van der Waals surface area contributed by atoms with Gasteiger partial charge >= 0.3 is 6.18 Å². The van der Waals surface area contributed by atoms with E-state index in [1.54, 1.807) is 0 Å². The van der Waals surface area contributed by atoms with Gasteiger partial charge in [0.25, 0.3) is 0 Å². The number of hydrogen-bond donors (Lipinski definition) is 0. The fraction of sp³-hybridized carbons (Fsp3) is 0.455. The molecular formula is C11H13ClF4Si. The highest BCUT2D eigenvalue weighted by molar-refractivity contribution is 6.78. The van der Waals surface area contributed by atoms with Crippen LogP contribution in [-0.2, 0) is 5.29 Å². The molecule has 0 nitrogen and oxygen atoms in total. The van der Waals surface area contributed by atoms with E-state index in [-0.39, 0.29) is 10.6 Å². The number of rotatable bonds is 2. The molecule has 0 heterocycles. The van der Waals surface area contributed by atoms with Crippen LogP contribution in [0.1, 0.15) is 5.56 Å². The lowest BCUT2D eigenvalue weighted by atomic mass is 10.1. The van der Waals surface area contributed by atoms with Crippen LogP contribution in [0.3, 0.4) is 0 Å². The van der Waals surface area contributed by atoms with Crippen molar-refractivity contribution >= 4 is 19.7 Å². The van der Waals surface area contributed by atoms with Crippen molar-refractivity contribution in [2.45, 2.75) is 31.1 Å². The molecule has 0 N–H and O–H groups in total. The zero-order valence-corrected chi connectivity index (χ0v) is 11.5. The summed E-state index contributed by atoms with van der Waals surface area (Å²) in [5, 5.41) is -2.97. The van der Waals surface area contributed by atoms with E-state index < -0.39 is 19.5 Å². The molecule has 1 aromatic carbocycles. The Hall–Kier alpha value is -0.553. The monoisotopic (exact) mass is 284 g/mol. The summed E-state index contributed by atoms with van der Waals surface area (Å²) in [6, 6.07) is 4.76. The number of alkyl halides is 4. The zero-order valence-electron chi connectivity index (χ0n) is 9.70. The fourth-order valence-electron chi connectivity index (χ4n) is 1.70. The van der Waals surface area contributed by atoms with Gasteiger partial charge in [-0.05, 0) is 17.7 Å². The van der Waals surface area contributed by atoms with Crippen LogP contribution in [0.4, 0.5) is 17.6 Å². The molecule has 0 saturated carbocycles. The van der Waals surface area contributed by atoms with Crippen molar-refractivity contribution in [2.75, 3.05) is 0 Å². The second kappa shape index (κ2) is 4.28. The first-order chi connectivity index (χ1) is 7.50. The Balaban J connectivity index is 3.41. The maximum atomic E-state index is 14.6. The predicted octanol–water partition coefficient (Wildman–Crippen LogP) is 4.94. The Morgan fingerprint density at radius 2 is 1.35 bits per heavy atom. The largest absolute Gasteiger partial charge is 0.423 e. The lowest BCUT2D eigenvalue weighted by Crippen LogP contribution is -2.56. The molecule has 0 aliphatic heterocycles. The van der Waals surface area contributed by atoms with E-state index in [9.17, 15) is 17.6 Å². The maximum absolute atomic E-state index is 14.6. The molecule has 0 radical (unpaired) electrons. The lowest BCUT2D eigenvalue weighted by molar-refractivity contribution is -0.206. The molecule has 0 aliphatic carbocycles. The van der Waals surface area contributed by atoms with Crippen molar-refractivity contribution in [1.29, 1.82) is 0 Å². The van der Waals surface area contributed by atoms with E-state index in [4.69, 9.17) is 11.6 Å². The van der Waals surface area contributed by atoms with E-state index in [1.807, 2.05) is 0 Å². The summed E-state index contributed by atoms with van der Waals surface area (Å²) in [6.45, 7) is 4.07. The molecule has 96 valence electrons. The van der Waals surface area contributed by atoms with Gasteiger partial charge in [-0.25, -0.2) is 4.39 Å². The van der Waals surface area contributed by atoms with Gasteiger partial charge in [0.1, 0.15) is 8.07 Å². The van der Waals surface area contributed by atoms with Crippen LogP contribution in [0.15, 0.2) is 24.3 Å². The number of halogens is 5. The molecule has 0 saturated heterocycles. The van der Waals surface area contributed by atoms with Gasteiger partial charge in [0, 0.05) is 5.02 Å². The molecule has 1 unspecified atom stereocenters. The Morgan fingerprint density at radius 3 is 1.65 bits per heavy atom. The third kappa shape index (κ3) is 2.50. The summed E-state index contributed by atoms with van der Waals surface area (Å²) in [4.78, 5) is 0. The molecule has 1 aromatic rings. The summed E-state index contributed by atoms with van der Waals surface area (Å²) >= 11 is 5.60. The first kappa shape index (κ1) is 14.5. The van der Waals surface area contributed by atoms with Crippen molar-refractivity contribution in [3.05, 3.63) is 34.9 Å². The minimum atomic E-state index is -4.91. The van der Waals surface area contributed by atoms with Crippen molar-refractivity contribution < 1.29 is 17.6 Å². The number of hydrogen-bond acceptors (Lipinski definition) is 0. The van der Waals surface area contributed by atoms with Crippen LogP contribution < -0.4 is 0 Å². The average Bonchev–Trinajstić information content (AvgIpc) is 2.14. The molecule has 1 atom stereocenters. The molecule has 0 spiro atoms. The lowest BCUT2D eigenvalue weighted by Gasteiger charge is -2.38. The first-order valence-corrected chi connectivity index (χ1v) is 8.89. The van der Waals surface area contributed by atoms with Crippen LogP contribution in [-0.4, -0.2) is 14.3 Å². The molecule has 17 heavy (non-hydrogen) atoms. The highest BCUT2D eigenvalue weighted by atomic mass is 35.5. The van der Waals surface area contributed by atoms with E-state index in [0.29, 0.717) is 0 Å². The Kier molecular flexibility index (Phi) is 3.65. The standard InChI is InChI=1S/C11H13ClF4Si/c1-17(2,3)10(13,11(14,15)16)8-4-6-9(12)7-5-8/h4-7H,1-3H3. The third-order valence-electron chi connectivity index (χ3n) is 2.67. The van der Waals surface area contributed by atoms with Crippen LogP contribution in [0.25, 0.3) is 0 Å². The Morgan fingerprint density at radius 1 is 0.941 bits per heavy atom. The third-order valence-corrected chi connectivity index (χ3v) is 5.56. The quantitative estimate of drug-likeness (QED) is 0.533. The van der Waals surface area contributed by atoms with E-state index in [1.165, 1.54) is 31.8 Å². The zero-order chi connectivity index (χ0) is 13.5. The first-order valence-electron chi connectivity index (χ1n) is 5.02. The van der Waals surface area contributed by atoms with Gasteiger partial charge in [0.15, 0.2) is 0 Å². The van der Waals surface area contributed by atoms with E-state index in [0.717, 1.165) is 12.1 Å². The van der Waals surface area contributed by atoms with Crippen LogP contribution in [0, 0.1) is 0 Å². The molecule has 0 amide bonds. The Bertz CT molecular complexity index is 377. The molecule has 0 fully saturated rings. The second-order valence-electron chi connectivity index (χ2n) is 4.91. The molecule has 0 bridgehead atoms. The van der Waals surface area contributed by atoms with Gasteiger partial charge < -0.3 is 0 Å². The van der Waals surface area contributed by atoms with Crippen molar-refractivity contribution in [2.24, 2.45) is 0 Å². The van der Waals surface area contributed by atoms with E-state index >= 15 is 0 Å². The van der Waals surface area contributed by atoms with Gasteiger partial charge in [0.2, 0.25) is 5.29 Å². The molecular weight excluding hydrogens is 272 g/mol. The normalized spacial score (nSPS) is 16.7. The van der Waals surface area contributed by atoms with Crippen molar-refractivity contribution in [3.63, 3.8) is 0 Å². The minimum absolute atomic E-state index is 0.286. The van der Waals surface area contributed by atoms with Gasteiger partial charge in [-0.2, -0.15) is 13.2 Å². The smallest absolute Gasteiger partial charge is 0.233 e. The summed E-state index contributed by atoms with van der Waals surface area (Å²) in [5.41, 5.74) is -0.367. The molecule has 1 rings (SSSR count). The predicted molar refractivity (Wildman–Crippen MR) is 63.6 cm³/mol. The highest BCUT2D eigenvalue weighted by Crippen LogP contribution is 2.48. The minimum Gasteiger partial charge on any atom is -0.233 e. The summed E-state index contributed by atoms with van der Waals surface area (Å²) in [6.07, 6.45) is -4.91. The van der Waals surface area contributed by atoms with E-state index in [2.05, 4.69) is 0 Å². The summed E-state index contributed by atoms with van der Waals surface area (Å²) in [5.74, 6) is 0. The van der Waals surface area contributed by atoms with Gasteiger partial charge in [0.05, 0.1) is 0 Å². The maximum Gasteiger partial charge on any atom is 0.423 e. The fourth-order valence-corrected chi connectivity index (χ4v) is 3.71. The van der Waals surface area contributed by atoms with Crippen LogP contribution in [0.5, 0.6) is 0 Å². The SMILES string of the molecule is C[Si](C)(C)C(F)(c1ccc(Cl)cc1)C(F)(F)F. The second-order valence-corrected chi connectivity index (χ2v) is 10.5. The molecule has 0 aromatic heterocycles. The summed E-state index contributed by atoms with van der Waals surface area (Å²) in [7, 11) is -3.14. The number of benzene rings is 1. The van der Waals surface area contributed by atoms with Gasteiger partial charge in [-0.3, -0.25) is 0 Å².